The van der Waals surface area contributed by atoms with Crippen molar-refractivity contribution in [1.82, 2.24) is 15.2 Å². The molecule has 7 heteroatoms. The van der Waals surface area contributed by atoms with Crippen LogP contribution in [0.4, 0.5) is 0 Å². The number of aromatic nitrogens is 1. The van der Waals surface area contributed by atoms with E-state index < -0.39 is 0 Å². The minimum atomic E-state index is -0.122. The Labute approximate surface area is 165 Å². The lowest BCUT2D eigenvalue weighted by molar-refractivity contribution is -0.121. The van der Waals surface area contributed by atoms with Gasteiger partial charge in [-0.05, 0) is 38.0 Å². The fourth-order valence-corrected chi connectivity index (χ4v) is 3.29. The number of amides is 2. The maximum atomic E-state index is 12.9. The van der Waals surface area contributed by atoms with Gasteiger partial charge in [-0.3, -0.25) is 14.6 Å². The number of rotatable bonds is 9. The average Bonchev–Trinajstić information content (AvgIpc) is 3.37. The van der Waals surface area contributed by atoms with Crippen molar-refractivity contribution in [3.05, 3.63) is 53.7 Å². The zero-order valence-corrected chi connectivity index (χ0v) is 16.2. The van der Waals surface area contributed by atoms with Crippen molar-refractivity contribution in [2.24, 2.45) is 0 Å². The molecule has 150 valence electrons. The van der Waals surface area contributed by atoms with E-state index >= 15 is 0 Å². The zero-order chi connectivity index (χ0) is 19.8. The molecule has 1 fully saturated rings. The lowest BCUT2D eigenvalue weighted by Crippen LogP contribution is -2.40. The van der Waals surface area contributed by atoms with E-state index in [0.29, 0.717) is 37.4 Å². The molecule has 1 atom stereocenters. The van der Waals surface area contributed by atoms with Crippen LogP contribution in [0.15, 0.2) is 41.1 Å². The Hall–Kier alpha value is -2.67. The molecular weight excluding hydrogens is 358 g/mol. The molecule has 1 aliphatic heterocycles. The molecule has 0 spiro atoms. The van der Waals surface area contributed by atoms with Gasteiger partial charge in [0.15, 0.2) is 0 Å². The van der Waals surface area contributed by atoms with Crippen molar-refractivity contribution in [1.29, 1.82) is 0 Å². The van der Waals surface area contributed by atoms with Gasteiger partial charge in [-0.25, -0.2) is 0 Å². The fourth-order valence-electron chi connectivity index (χ4n) is 3.29. The molecule has 2 aromatic rings. The van der Waals surface area contributed by atoms with Crippen LogP contribution < -0.4 is 5.32 Å². The van der Waals surface area contributed by atoms with E-state index in [1.807, 2.05) is 18.2 Å². The van der Waals surface area contributed by atoms with Crippen LogP contribution in [0.5, 0.6) is 0 Å². The van der Waals surface area contributed by atoms with Crippen molar-refractivity contribution < 1.29 is 18.7 Å². The molecule has 0 saturated carbocycles. The number of pyridine rings is 1. The smallest absolute Gasteiger partial charge is 0.257 e. The summed E-state index contributed by atoms with van der Waals surface area (Å²) in [5.74, 6) is 0.384. The molecule has 0 bridgehead atoms. The lowest BCUT2D eigenvalue weighted by atomic mass is 10.1. The summed E-state index contributed by atoms with van der Waals surface area (Å²) in [5, 5.41) is 2.90. The first-order chi connectivity index (χ1) is 13.6. The molecule has 1 aliphatic rings. The summed E-state index contributed by atoms with van der Waals surface area (Å²) < 4.78 is 10.9. The zero-order valence-electron chi connectivity index (χ0n) is 16.2. The first-order valence-corrected chi connectivity index (χ1v) is 9.75. The van der Waals surface area contributed by atoms with Gasteiger partial charge < -0.3 is 19.4 Å². The van der Waals surface area contributed by atoms with E-state index in [1.165, 1.54) is 6.26 Å². The number of nitrogens with one attached hydrogen (secondary N) is 1. The summed E-state index contributed by atoms with van der Waals surface area (Å²) in [7, 11) is 0. The topological polar surface area (TPSA) is 84.7 Å². The van der Waals surface area contributed by atoms with Gasteiger partial charge in [0.25, 0.3) is 5.91 Å². The Kier molecular flexibility index (Phi) is 7.19. The molecule has 1 N–H and O–H groups in total. The van der Waals surface area contributed by atoms with Crippen molar-refractivity contribution in [2.75, 3.05) is 26.2 Å². The molecule has 3 heterocycles. The quantitative estimate of drug-likeness (QED) is 0.716. The highest BCUT2D eigenvalue weighted by molar-refractivity contribution is 5.95. The minimum absolute atomic E-state index is 0.0309. The number of carbonyl (C=O) groups excluding carboxylic acids is 2. The Bertz CT molecular complexity index is 769. The van der Waals surface area contributed by atoms with Crippen LogP contribution >= 0.6 is 0 Å². The molecule has 28 heavy (non-hydrogen) atoms. The molecule has 1 saturated heterocycles. The van der Waals surface area contributed by atoms with E-state index in [2.05, 4.69) is 10.3 Å². The third kappa shape index (κ3) is 5.66. The minimum Gasteiger partial charge on any atom is -0.469 e. The summed E-state index contributed by atoms with van der Waals surface area (Å²) in [5.41, 5.74) is 1.47. The van der Waals surface area contributed by atoms with Crippen LogP contribution in [0.3, 0.4) is 0 Å². The first kappa shape index (κ1) is 20.1. The molecule has 0 aromatic carbocycles. The molecule has 0 radical (unpaired) electrons. The lowest BCUT2D eigenvalue weighted by Gasteiger charge is -2.25. The largest absolute Gasteiger partial charge is 0.469 e. The summed E-state index contributed by atoms with van der Waals surface area (Å²) in [6.45, 7) is 3.85. The van der Waals surface area contributed by atoms with E-state index in [9.17, 15) is 9.59 Å². The number of carbonyl (C=O) groups is 2. The van der Waals surface area contributed by atoms with E-state index in [4.69, 9.17) is 9.15 Å². The maximum absolute atomic E-state index is 12.9. The Morgan fingerprint density at radius 2 is 2.21 bits per heavy atom. The van der Waals surface area contributed by atoms with E-state index in [-0.39, 0.29) is 24.3 Å². The van der Waals surface area contributed by atoms with Crippen LogP contribution in [0.2, 0.25) is 0 Å². The van der Waals surface area contributed by atoms with E-state index in [1.54, 1.807) is 24.1 Å². The third-order valence-corrected chi connectivity index (χ3v) is 4.86. The molecular formula is C21H27N3O4. The Balaban J connectivity index is 1.51. The highest BCUT2D eigenvalue weighted by Gasteiger charge is 2.25. The van der Waals surface area contributed by atoms with Gasteiger partial charge in [-0.15, -0.1) is 0 Å². The SMILES string of the molecule is Cc1occc1C(=O)N(CCC(=O)NCCc1ccccn1)C[C@H]1CCCO1. The predicted molar refractivity (Wildman–Crippen MR) is 104 cm³/mol. The number of aryl methyl sites for hydroxylation is 1. The van der Waals surface area contributed by atoms with Crippen LogP contribution in [0.1, 0.15) is 41.1 Å². The van der Waals surface area contributed by atoms with Crippen LogP contribution in [-0.2, 0) is 16.0 Å². The van der Waals surface area contributed by atoms with Crippen LogP contribution in [-0.4, -0.2) is 54.0 Å². The summed E-state index contributed by atoms with van der Waals surface area (Å²) in [6.07, 6.45) is 6.15. The maximum Gasteiger partial charge on any atom is 0.257 e. The monoisotopic (exact) mass is 385 g/mol. The number of furan rings is 1. The second-order valence-corrected chi connectivity index (χ2v) is 6.95. The van der Waals surface area contributed by atoms with E-state index in [0.717, 1.165) is 25.1 Å². The van der Waals surface area contributed by atoms with Crippen molar-refractivity contribution in [3.63, 3.8) is 0 Å². The van der Waals surface area contributed by atoms with Crippen molar-refractivity contribution >= 4 is 11.8 Å². The van der Waals surface area contributed by atoms with Gasteiger partial charge in [-0.2, -0.15) is 0 Å². The van der Waals surface area contributed by atoms with Crippen molar-refractivity contribution in [2.45, 2.75) is 38.7 Å². The van der Waals surface area contributed by atoms with Crippen LogP contribution in [0, 0.1) is 6.92 Å². The third-order valence-electron chi connectivity index (χ3n) is 4.86. The highest BCUT2D eigenvalue weighted by atomic mass is 16.5. The number of hydrogen-bond acceptors (Lipinski definition) is 5. The number of ether oxygens (including phenoxy) is 1. The Morgan fingerprint density at radius 1 is 1.32 bits per heavy atom. The first-order valence-electron chi connectivity index (χ1n) is 9.75. The molecule has 3 rings (SSSR count). The van der Waals surface area contributed by atoms with Gasteiger partial charge >= 0.3 is 0 Å². The predicted octanol–water partition coefficient (Wildman–Crippen LogP) is 2.35. The normalized spacial score (nSPS) is 16.1. The molecule has 0 unspecified atom stereocenters. The van der Waals surface area contributed by atoms with Gasteiger partial charge in [0, 0.05) is 51.0 Å². The van der Waals surface area contributed by atoms with Gasteiger partial charge in [0.1, 0.15) is 5.76 Å². The molecule has 2 aromatic heterocycles. The standard InChI is InChI=1S/C21H27N3O4/c1-16-19(9-14-27-16)21(26)24(15-18-6-4-13-28-18)12-8-20(25)23-11-7-17-5-2-3-10-22-17/h2-3,5,9-10,14,18H,4,6-8,11-13,15H2,1H3,(H,23,25)/t18-/m1/s1. The summed E-state index contributed by atoms with van der Waals surface area (Å²) in [4.78, 5) is 31.1. The van der Waals surface area contributed by atoms with Gasteiger partial charge in [-0.1, -0.05) is 6.07 Å². The van der Waals surface area contributed by atoms with Crippen molar-refractivity contribution in [3.8, 4) is 0 Å². The Morgan fingerprint density at radius 3 is 2.89 bits per heavy atom. The highest BCUT2D eigenvalue weighted by Crippen LogP contribution is 2.17. The average molecular weight is 385 g/mol. The second kappa shape index (κ2) is 10.0. The summed E-state index contributed by atoms with van der Waals surface area (Å²) >= 11 is 0. The fraction of sp³-hybridized carbons (Fsp3) is 0.476. The molecule has 7 nitrogen and oxygen atoms in total. The molecule has 0 aliphatic carbocycles. The second-order valence-electron chi connectivity index (χ2n) is 6.95. The molecule has 2 amide bonds. The van der Waals surface area contributed by atoms with Crippen LogP contribution in [0.25, 0.3) is 0 Å². The van der Waals surface area contributed by atoms with Gasteiger partial charge in [0.2, 0.25) is 5.91 Å². The number of nitrogens with zero attached hydrogens (tertiary/aromatic N) is 2. The number of hydrogen-bond donors (Lipinski definition) is 1. The van der Waals surface area contributed by atoms with Gasteiger partial charge in [0.05, 0.1) is 17.9 Å². The summed E-state index contributed by atoms with van der Waals surface area (Å²) in [6, 6.07) is 7.40.